The molecule has 1 unspecified atom stereocenters. The Hall–Kier alpha value is -2.19. The highest BCUT2D eigenvalue weighted by molar-refractivity contribution is 5.86. The van der Waals surface area contributed by atoms with E-state index in [1.807, 2.05) is 6.92 Å². The van der Waals surface area contributed by atoms with Crippen LogP contribution >= 0.6 is 0 Å². The minimum Gasteiger partial charge on any atom is -0.481 e. The van der Waals surface area contributed by atoms with E-state index in [1.165, 1.54) is 13.0 Å². The molecule has 144 valence electrons. The minimum absolute atomic E-state index is 0.0556. The summed E-state index contributed by atoms with van der Waals surface area (Å²) < 4.78 is 19.1. The molecule has 0 aromatic carbocycles. The number of esters is 2. The van der Waals surface area contributed by atoms with Crippen LogP contribution in [0.3, 0.4) is 0 Å². The normalized spacial score (nSPS) is 13.8. The van der Waals surface area contributed by atoms with E-state index in [2.05, 4.69) is 17.9 Å². The maximum Gasteiger partial charge on any atom is 0.333 e. The zero-order valence-electron chi connectivity index (χ0n) is 15.1. The van der Waals surface area contributed by atoms with Crippen LogP contribution in [0.1, 0.15) is 27.2 Å². The van der Waals surface area contributed by atoms with Gasteiger partial charge in [0, 0.05) is 19.1 Å². The highest BCUT2D eigenvalue weighted by Crippen LogP contribution is 2.09. The van der Waals surface area contributed by atoms with Gasteiger partial charge in [-0.2, -0.15) is 0 Å². The van der Waals surface area contributed by atoms with Crippen molar-refractivity contribution in [2.45, 2.75) is 33.3 Å². The fourth-order valence-corrected chi connectivity index (χ4v) is 0.968. The number of epoxide rings is 1. The molecule has 1 saturated heterocycles. The highest BCUT2D eigenvalue weighted by atomic mass is 16.6. The molecule has 0 aromatic heterocycles. The molecule has 0 aromatic rings. The summed E-state index contributed by atoms with van der Waals surface area (Å²) in [7, 11) is 0. The van der Waals surface area contributed by atoms with Crippen molar-refractivity contribution in [2.75, 3.05) is 33.0 Å². The van der Waals surface area contributed by atoms with Crippen molar-refractivity contribution < 1.29 is 38.4 Å². The van der Waals surface area contributed by atoms with Crippen molar-refractivity contribution in [1.82, 2.24) is 0 Å². The minimum atomic E-state index is -0.829. The Morgan fingerprint density at radius 2 is 1.84 bits per heavy atom. The van der Waals surface area contributed by atoms with E-state index >= 15 is 0 Å². The molecule has 25 heavy (non-hydrogen) atoms. The number of carbonyl (C=O) groups excluding carboxylic acids is 2. The van der Waals surface area contributed by atoms with Gasteiger partial charge in [-0.25, -0.2) is 4.79 Å². The number of carbonyl (C=O) groups is 3. The molecule has 0 bridgehead atoms. The monoisotopic (exact) mass is 360 g/mol. The van der Waals surface area contributed by atoms with Crippen molar-refractivity contribution in [3.8, 4) is 0 Å². The van der Waals surface area contributed by atoms with E-state index in [-0.39, 0.29) is 24.5 Å². The number of ether oxygens (including phenoxy) is 4. The number of hydrogen-bond donors (Lipinski definition) is 1. The standard InChI is InChI=1S/C7H10O3.C6H12O3.C4H6O2/c1-5(2)7(8)10-4-6-3-9-6;1-3-8-4-5-9-6(2)7;1-2-3-4(5)6/h6H,1,3-4H2,2H3;3-5H2,1-2H3;2H,1,3H2,(H,5,6). The summed E-state index contributed by atoms with van der Waals surface area (Å²) in [6.07, 6.45) is 1.55. The second-order valence-corrected chi connectivity index (χ2v) is 4.76. The van der Waals surface area contributed by atoms with Crippen LogP contribution in [0.2, 0.25) is 0 Å². The number of aliphatic carboxylic acids is 1. The van der Waals surface area contributed by atoms with Gasteiger partial charge in [-0.05, 0) is 13.8 Å². The summed E-state index contributed by atoms with van der Waals surface area (Å²) in [6, 6.07) is 0. The SMILES string of the molecule is C=C(C)C(=O)OCC1CO1.C=CCC(=O)O.CCOCCOC(C)=O. The van der Waals surface area contributed by atoms with Crippen molar-refractivity contribution in [3.05, 3.63) is 24.8 Å². The first-order valence-electron chi connectivity index (χ1n) is 7.72. The molecule has 1 atom stereocenters. The van der Waals surface area contributed by atoms with Gasteiger partial charge in [-0.15, -0.1) is 6.58 Å². The zero-order chi connectivity index (χ0) is 19.7. The van der Waals surface area contributed by atoms with Crippen molar-refractivity contribution in [1.29, 1.82) is 0 Å². The fourth-order valence-electron chi connectivity index (χ4n) is 0.968. The summed E-state index contributed by atoms with van der Waals surface area (Å²) in [4.78, 5) is 30.4. The van der Waals surface area contributed by atoms with Crippen LogP contribution < -0.4 is 0 Å². The van der Waals surface area contributed by atoms with Crippen LogP contribution in [0.4, 0.5) is 0 Å². The Morgan fingerprint density at radius 1 is 1.24 bits per heavy atom. The topological polar surface area (TPSA) is 112 Å². The third kappa shape index (κ3) is 24.2. The molecule has 0 radical (unpaired) electrons. The summed E-state index contributed by atoms with van der Waals surface area (Å²) in [5, 5.41) is 7.84. The summed E-state index contributed by atoms with van der Waals surface area (Å²) in [5.74, 6) is -1.42. The largest absolute Gasteiger partial charge is 0.481 e. The van der Waals surface area contributed by atoms with Gasteiger partial charge in [0.25, 0.3) is 0 Å². The van der Waals surface area contributed by atoms with Crippen molar-refractivity contribution >= 4 is 17.9 Å². The third-order valence-corrected chi connectivity index (χ3v) is 2.21. The first kappa shape index (κ1) is 25.1. The van der Waals surface area contributed by atoms with Crippen LogP contribution in [0.15, 0.2) is 24.8 Å². The lowest BCUT2D eigenvalue weighted by molar-refractivity contribution is -0.142. The van der Waals surface area contributed by atoms with E-state index in [0.717, 1.165) is 0 Å². The van der Waals surface area contributed by atoms with E-state index in [0.29, 0.717) is 38.6 Å². The molecule has 0 amide bonds. The molecule has 1 aliphatic rings. The van der Waals surface area contributed by atoms with Gasteiger partial charge in [0.15, 0.2) is 0 Å². The maximum absolute atomic E-state index is 10.7. The molecule has 1 N–H and O–H groups in total. The molecular weight excluding hydrogens is 332 g/mol. The lowest BCUT2D eigenvalue weighted by Gasteiger charge is -1.99. The number of carboxylic acids is 1. The molecular formula is C17H28O8. The second-order valence-electron chi connectivity index (χ2n) is 4.76. The van der Waals surface area contributed by atoms with Gasteiger partial charge in [0.2, 0.25) is 0 Å². The van der Waals surface area contributed by atoms with Crippen LogP contribution in [-0.2, 0) is 33.3 Å². The Bertz CT molecular complexity index is 426. The zero-order valence-corrected chi connectivity index (χ0v) is 15.1. The van der Waals surface area contributed by atoms with Gasteiger partial charge in [-0.1, -0.05) is 12.7 Å². The molecule has 1 rings (SSSR count). The molecule has 0 saturated carbocycles. The summed E-state index contributed by atoms with van der Waals surface area (Å²) >= 11 is 0. The van der Waals surface area contributed by atoms with Crippen molar-refractivity contribution in [3.63, 3.8) is 0 Å². The number of carboxylic acid groups (broad SMARTS) is 1. The van der Waals surface area contributed by atoms with Crippen LogP contribution in [0.25, 0.3) is 0 Å². The van der Waals surface area contributed by atoms with Crippen LogP contribution in [-0.4, -0.2) is 62.2 Å². The Labute approximate surface area is 148 Å². The van der Waals surface area contributed by atoms with Gasteiger partial charge in [0.1, 0.15) is 19.3 Å². The molecule has 8 nitrogen and oxygen atoms in total. The highest BCUT2D eigenvalue weighted by Gasteiger charge is 2.24. The molecule has 0 spiro atoms. The molecule has 1 heterocycles. The molecule has 1 aliphatic heterocycles. The maximum atomic E-state index is 10.7. The van der Waals surface area contributed by atoms with E-state index in [9.17, 15) is 14.4 Å². The lowest BCUT2D eigenvalue weighted by Crippen LogP contribution is -2.09. The van der Waals surface area contributed by atoms with Crippen LogP contribution in [0, 0.1) is 0 Å². The van der Waals surface area contributed by atoms with E-state index in [1.54, 1.807) is 6.92 Å². The predicted octanol–water partition coefficient (Wildman–Crippen LogP) is 1.74. The first-order chi connectivity index (χ1) is 11.7. The molecule has 1 fully saturated rings. The third-order valence-electron chi connectivity index (χ3n) is 2.21. The first-order valence-corrected chi connectivity index (χ1v) is 7.72. The number of rotatable bonds is 9. The average Bonchev–Trinajstić information content (AvgIpc) is 3.34. The van der Waals surface area contributed by atoms with Gasteiger partial charge in [-0.3, -0.25) is 9.59 Å². The van der Waals surface area contributed by atoms with Gasteiger partial charge >= 0.3 is 17.9 Å². The molecule has 0 aliphatic carbocycles. The predicted molar refractivity (Wildman–Crippen MR) is 91.1 cm³/mol. The Balaban J connectivity index is 0. The van der Waals surface area contributed by atoms with Crippen molar-refractivity contribution in [2.24, 2.45) is 0 Å². The average molecular weight is 360 g/mol. The Kier molecular flexibility index (Phi) is 16.7. The van der Waals surface area contributed by atoms with E-state index in [4.69, 9.17) is 19.3 Å². The van der Waals surface area contributed by atoms with Gasteiger partial charge < -0.3 is 24.1 Å². The second kappa shape index (κ2) is 16.7. The molecule has 8 heteroatoms. The van der Waals surface area contributed by atoms with E-state index < -0.39 is 5.97 Å². The quantitative estimate of drug-likeness (QED) is 0.218. The lowest BCUT2D eigenvalue weighted by atomic mass is 10.4. The smallest absolute Gasteiger partial charge is 0.333 e. The fraction of sp³-hybridized carbons (Fsp3) is 0.588. The number of hydrogen-bond acceptors (Lipinski definition) is 7. The summed E-state index contributed by atoms with van der Waals surface area (Å²) in [6.45, 7) is 14.2. The van der Waals surface area contributed by atoms with Gasteiger partial charge in [0.05, 0.1) is 19.6 Å². The Morgan fingerprint density at radius 3 is 2.16 bits per heavy atom. The summed E-state index contributed by atoms with van der Waals surface area (Å²) in [5.41, 5.74) is 0.431. The van der Waals surface area contributed by atoms with Crippen LogP contribution in [0.5, 0.6) is 0 Å².